The van der Waals surface area contributed by atoms with Gasteiger partial charge in [0.05, 0.1) is 0 Å². The Morgan fingerprint density at radius 3 is 2.42 bits per heavy atom. The second kappa shape index (κ2) is 6.40. The molecule has 2 aromatic rings. The summed E-state index contributed by atoms with van der Waals surface area (Å²) in [5, 5.41) is 0. The van der Waals surface area contributed by atoms with Gasteiger partial charge in [0.15, 0.2) is 0 Å². The van der Waals surface area contributed by atoms with Crippen LogP contribution in [0.4, 0.5) is 0 Å². The lowest BCUT2D eigenvalue weighted by Gasteiger charge is -2.08. The van der Waals surface area contributed by atoms with Crippen molar-refractivity contribution in [1.82, 2.24) is 0 Å². The summed E-state index contributed by atoms with van der Waals surface area (Å²) in [6, 6.07) is 14.3. The number of benzene rings is 2. The van der Waals surface area contributed by atoms with Gasteiger partial charge in [0.2, 0.25) is 0 Å². The van der Waals surface area contributed by atoms with E-state index in [1.165, 1.54) is 0 Å². The van der Waals surface area contributed by atoms with Gasteiger partial charge < -0.3 is 9.47 Å². The molecule has 0 saturated heterocycles. The lowest BCUT2D eigenvalue weighted by molar-refractivity contribution is 0.112. The fourth-order valence-electron chi connectivity index (χ4n) is 1.53. The van der Waals surface area contributed by atoms with Crippen molar-refractivity contribution in [1.29, 1.82) is 0 Å². The molecule has 0 aliphatic heterocycles. The van der Waals surface area contributed by atoms with Crippen LogP contribution in [0.3, 0.4) is 0 Å². The highest BCUT2D eigenvalue weighted by Gasteiger charge is 2.00. The Kier molecular flexibility index (Phi) is 4.34. The molecule has 0 aromatic heterocycles. The van der Waals surface area contributed by atoms with E-state index in [-0.39, 0.29) is 0 Å². The Morgan fingerprint density at radius 1 is 1.00 bits per heavy atom. The zero-order chi connectivity index (χ0) is 13.5. The third kappa shape index (κ3) is 3.71. The molecule has 0 heterocycles. The summed E-state index contributed by atoms with van der Waals surface area (Å²) in [6.07, 6.45) is 2.49. The maximum atomic E-state index is 10.6. The van der Waals surface area contributed by atoms with Gasteiger partial charge in [0, 0.05) is 11.6 Å². The van der Waals surface area contributed by atoms with Crippen LogP contribution in [0.2, 0.25) is 0 Å². The first kappa shape index (κ1) is 12.9. The van der Waals surface area contributed by atoms with E-state index in [9.17, 15) is 4.79 Å². The van der Waals surface area contributed by atoms with E-state index in [2.05, 4.69) is 6.58 Å². The number of carbonyl (C=O) groups is 1. The molecule has 0 bridgehead atoms. The molecule has 2 rings (SSSR count). The highest BCUT2D eigenvalue weighted by Crippen LogP contribution is 2.25. The van der Waals surface area contributed by atoms with Crippen molar-refractivity contribution in [3.8, 4) is 17.2 Å². The first-order chi connectivity index (χ1) is 9.31. The average molecular weight is 254 g/mol. The summed E-state index contributed by atoms with van der Waals surface area (Å²) < 4.78 is 11.1. The molecule has 3 heteroatoms. The molecule has 0 aliphatic carbocycles. The zero-order valence-electron chi connectivity index (χ0n) is 10.4. The molecule has 2 aromatic carbocycles. The predicted octanol–water partition coefficient (Wildman–Crippen LogP) is 3.86. The lowest BCUT2D eigenvalue weighted by Crippen LogP contribution is -1.93. The fourth-order valence-corrected chi connectivity index (χ4v) is 1.53. The molecule has 0 radical (unpaired) electrons. The van der Waals surface area contributed by atoms with Crippen LogP contribution in [0.25, 0.3) is 0 Å². The average Bonchev–Trinajstić information content (AvgIpc) is 2.46. The van der Waals surface area contributed by atoms with Crippen molar-refractivity contribution >= 4 is 6.29 Å². The number of hydrogen-bond donors (Lipinski definition) is 0. The number of carbonyl (C=O) groups excluding carboxylic acids is 1. The van der Waals surface area contributed by atoms with E-state index in [4.69, 9.17) is 9.47 Å². The molecule has 0 unspecified atom stereocenters. The molecule has 0 N–H and O–H groups in total. The Hall–Kier alpha value is -2.55. The van der Waals surface area contributed by atoms with Gasteiger partial charge >= 0.3 is 0 Å². The quantitative estimate of drug-likeness (QED) is 0.580. The third-order valence-electron chi connectivity index (χ3n) is 2.43. The van der Waals surface area contributed by atoms with Crippen LogP contribution in [0.15, 0.2) is 61.2 Å². The highest BCUT2D eigenvalue weighted by atomic mass is 16.5. The van der Waals surface area contributed by atoms with Crippen molar-refractivity contribution in [3.05, 3.63) is 66.7 Å². The van der Waals surface area contributed by atoms with Crippen molar-refractivity contribution in [2.75, 3.05) is 6.61 Å². The Morgan fingerprint density at radius 2 is 1.74 bits per heavy atom. The molecule has 0 spiro atoms. The summed E-state index contributed by atoms with van der Waals surface area (Å²) in [7, 11) is 0. The lowest BCUT2D eigenvalue weighted by atomic mass is 10.2. The minimum absolute atomic E-state index is 0.456. The SMILES string of the molecule is C=CCOc1cccc(Oc2ccc(C=O)cc2)c1. The summed E-state index contributed by atoms with van der Waals surface area (Å²) in [5.41, 5.74) is 0.621. The van der Waals surface area contributed by atoms with E-state index in [0.29, 0.717) is 23.7 Å². The van der Waals surface area contributed by atoms with Crippen LogP contribution in [0.1, 0.15) is 10.4 Å². The van der Waals surface area contributed by atoms with E-state index < -0.39 is 0 Å². The predicted molar refractivity (Wildman–Crippen MR) is 74.0 cm³/mol. The summed E-state index contributed by atoms with van der Waals surface area (Å²) in [5.74, 6) is 2.08. The second-order valence-electron chi connectivity index (χ2n) is 3.86. The van der Waals surface area contributed by atoms with Crippen molar-refractivity contribution in [2.24, 2.45) is 0 Å². The molecule has 0 saturated carbocycles. The normalized spacial score (nSPS) is 9.68. The van der Waals surface area contributed by atoms with Gasteiger partial charge in [-0.05, 0) is 36.4 Å². The Labute approximate surface area is 112 Å². The van der Waals surface area contributed by atoms with Gasteiger partial charge in [0.25, 0.3) is 0 Å². The molecule has 19 heavy (non-hydrogen) atoms. The maximum absolute atomic E-state index is 10.6. The highest BCUT2D eigenvalue weighted by molar-refractivity contribution is 5.74. The van der Waals surface area contributed by atoms with Crippen molar-refractivity contribution in [2.45, 2.75) is 0 Å². The minimum atomic E-state index is 0.456. The number of ether oxygens (including phenoxy) is 2. The molecule has 96 valence electrons. The van der Waals surface area contributed by atoms with E-state index in [1.807, 2.05) is 18.2 Å². The van der Waals surface area contributed by atoms with Gasteiger partial charge in [-0.2, -0.15) is 0 Å². The monoisotopic (exact) mass is 254 g/mol. The molecule has 0 amide bonds. The van der Waals surface area contributed by atoms with Crippen molar-refractivity contribution < 1.29 is 14.3 Å². The summed E-state index contributed by atoms with van der Waals surface area (Å²) in [4.78, 5) is 10.6. The van der Waals surface area contributed by atoms with Gasteiger partial charge in [-0.3, -0.25) is 4.79 Å². The number of aldehydes is 1. The van der Waals surface area contributed by atoms with E-state index in [1.54, 1.807) is 36.4 Å². The van der Waals surface area contributed by atoms with Gasteiger partial charge in [-0.25, -0.2) is 0 Å². The Bertz CT molecular complexity index is 558. The topological polar surface area (TPSA) is 35.5 Å². The molecule has 0 fully saturated rings. The minimum Gasteiger partial charge on any atom is -0.489 e. The first-order valence-electron chi connectivity index (χ1n) is 5.88. The zero-order valence-corrected chi connectivity index (χ0v) is 10.4. The van der Waals surface area contributed by atoms with E-state index >= 15 is 0 Å². The molecular weight excluding hydrogens is 240 g/mol. The van der Waals surface area contributed by atoms with Crippen LogP contribution in [0.5, 0.6) is 17.2 Å². The molecule has 0 aliphatic rings. The van der Waals surface area contributed by atoms with Gasteiger partial charge in [0.1, 0.15) is 30.1 Å². The van der Waals surface area contributed by atoms with Crippen LogP contribution in [-0.4, -0.2) is 12.9 Å². The van der Waals surface area contributed by atoms with Crippen LogP contribution in [0, 0.1) is 0 Å². The van der Waals surface area contributed by atoms with Crippen LogP contribution in [-0.2, 0) is 0 Å². The van der Waals surface area contributed by atoms with Crippen LogP contribution < -0.4 is 9.47 Å². The summed E-state index contributed by atoms with van der Waals surface area (Å²) in [6.45, 7) is 4.05. The summed E-state index contributed by atoms with van der Waals surface area (Å²) >= 11 is 0. The molecule has 0 atom stereocenters. The van der Waals surface area contributed by atoms with Crippen LogP contribution >= 0.6 is 0 Å². The maximum Gasteiger partial charge on any atom is 0.150 e. The second-order valence-corrected chi connectivity index (χ2v) is 3.86. The van der Waals surface area contributed by atoms with Crippen molar-refractivity contribution in [3.63, 3.8) is 0 Å². The largest absolute Gasteiger partial charge is 0.489 e. The standard InChI is InChI=1S/C16H14O3/c1-2-10-18-15-4-3-5-16(11-15)19-14-8-6-13(12-17)7-9-14/h2-9,11-12H,1,10H2. The number of rotatable bonds is 6. The number of hydrogen-bond acceptors (Lipinski definition) is 3. The van der Waals surface area contributed by atoms with Gasteiger partial charge in [-0.1, -0.05) is 18.7 Å². The smallest absolute Gasteiger partial charge is 0.150 e. The molecule has 3 nitrogen and oxygen atoms in total. The third-order valence-corrected chi connectivity index (χ3v) is 2.43. The fraction of sp³-hybridized carbons (Fsp3) is 0.0625. The van der Waals surface area contributed by atoms with E-state index in [0.717, 1.165) is 12.0 Å². The molecular formula is C16H14O3. The first-order valence-corrected chi connectivity index (χ1v) is 5.88. The van der Waals surface area contributed by atoms with Gasteiger partial charge in [-0.15, -0.1) is 0 Å². The Balaban J connectivity index is 2.08.